The molecule has 0 aromatic carbocycles. The minimum atomic E-state index is -0.385. The maximum atomic E-state index is 10.1. The molecule has 0 heterocycles. The van der Waals surface area contributed by atoms with Crippen molar-refractivity contribution in [3.63, 3.8) is 0 Å². The fourth-order valence-electron chi connectivity index (χ4n) is 0.373. The minimum Gasteiger partial charge on any atom is -0.466 e. The molecule has 0 bridgehead atoms. The summed E-state index contributed by atoms with van der Waals surface area (Å²) in [7, 11) is 0. The highest BCUT2D eigenvalue weighted by molar-refractivity contribution is 5.65. The van der Waals surface area contributed by atoms with E-state index in [1.807, 2.05) is 0 Å². The Kier molecular flexibility index (Phi) is 4.05. The predicted molar refractivity (Wildman–Crippen MR) is 32.9 cm³/mol. The highest BCUT2D eigenvalue weighted by atomic mass is 16.5. The minimum absolute atomic E-state index is 0.296. The molecule has 0 saturated carbocycles. The van der Waals surface area contributed by atoms with Gasteiger partial charge in [0.1, 0.15) is 0 Å². The number of carbonyl (C=O) groups excluding carboxylic acids is 1. The van der Waals surface area contributed by atoms with Gasteiger partial charge in [0, 0.05) is 13.3 Å². The molecule has 0 radical (unpaired) electrons. The third kappa shape index (κ3) is 7.43. The first-order valence-electron chi connectivity index (χ1n) is 2.94. The maximum Gasteiger partial charge on any atom is 0.302 e. The van der Waals surface area contributed by atoms with Crippen molar-refractivity contribution in [2.45, 2.75) is 26.4 Å². The van der Waals surface area contributed by atoms with Crippen LogP contribution in [0.5, 0.6) is 0 Å². The molecule has 0 saturated heterocycles. The van der Waals surface area contributed by atoms with Crippen LogP contribution in [0.2, 0.25) is 0 Å². The second kappa shape index (κ2) is 4.32. The SMILES string of the molecule is CC(=O)OCC[C@@H](C)O. The van der Waals surface area contributed by atoms with E-state index in [9.17, 15) is 4.79 Å². The summed E-state index contributed by atoms with van der Waals surface area (Å²) in [6, 6.07) is 0. The molecule has 1 N–H and O–H groups in total. The zero-order valence-corrected chi connectivity index (χ0v) is 5.76. The summed E-state index contributed by atoms with van der Waals surface area (Å²) < 4.78 is 4.55. The van der Waals surface area contributed by atoms with E-state index in [-0.39, 0.29) is 12.1 Å². The van der Waals surface area contributed by atoms with Crippen LogP contribution >= 0.6 is 0 Å². The summed E-state index contributed by atoms with van der Waals surface area (Å²) in [6.07, 6.45) is 0.129. The fourth-order valence-corrected chi connectivity index (χ4v) is 0.373. The zero-order chi connectivity index (χ0) is 7.28. The van der Waals surface area contributed by atoms with E-state index in [0.717, 1.165) is 0 Å². The van der Waals surface area contributed by atoms with Gasteiger partial charge >= 0.3 is 5.97 Å². The number of carbonyl (C=O) groups is 1. The Balaban J connectivity index is 3.01. The van der Waals surface area contributed by atoms with Crippen molar-refractivity contribution < 1.29 is 14.6 Å². The van der Waals surface area contributed by atoms with E-state index in [1.54, 1.807) is 6.92 Å². The number of hydrogen-bond acceptors (Lipinski definition) is 3. The summed E-state index contributed by atoms with van der Waals surface area (Å²) >= 11 is 0. The van der Waals surface area contributed by atoms with Gasteiger partial charge in [0.05, 0.1) is 12.7 Å². The highest BCUT2D eigenvalue weighted by Crippen LogP contribution is 1.89. The molecule has 0 aromatic heterocycles. The standard InChI is InChI=1S/C6H12O3/c1-5(7)3-4-9-6(2)8/h5,7H,3-4H2,1-2H3/t5-/m1/s1. The largest absolute Gasteiger partial charge is 0.466 e. The van der Waals surface area contributed by atoms with Crippen LogP contribution in [0, 0.1) is 0 Å². The lowest BCUT2D eigenvalue weighted by atomic mass is 10.3. The van der Waals surface area contributed by atoms with Crippen molar-refractivity contribution in [2.24, 2.45) is 0 Å². The smallest absolute Gasteiger partial charge is 0.302 e. The number of aliphatic hydroxyl groups excluding tert-OH is 1. The molecular formula is C6H12O3. The molecule has 9 heavy (non-hydrogen) atoms. The first kappa shape index (κ1) is 8.43. The average molecular weight is 132 g/mol. The average Bonchev–Trinajstić information content (AvgIpc) is 1.63. The molecule has 54 valence electrons. The van der Waals surface area contributed by atoms with Crippen LogP contribution in [-0.2, 0) is 9.53 Å². The third-order valence-electron chi connectivity index (χ3n) is 0.841. The molecule has 0 unspecified atom stereocenters. The van der Waals surface area contributed by atoms with Gasteiger partial charge in [-0.1, -0.05) is 0 Å². The van der Waals surface area contributed by atoms with E-state index in [1.165, 1.54) is 6.92 Å². The lowest BCUT2D eigenvalue weighted by molar-refractivity contribution is -0.141. The predicted octanol–water partition coefficient (Wildman–Crippen LogP) is 0.320. The normalized spacial score (nSPS) is 12.8. The van der Waals surface area contributed by atoms with Crippen LogP contribution < -0.4 is 0 Å². The van der Waals surface area contributed by atoms with Crippen molar-refractivity contribution in [2.75, 3.05) is 6.61 Å². The van der Waals surface area contributed by atoms with Crippen molar-refractivity contribution >= 4 is 5.97 Å². The Labute approximate surface area is 54.6 Å². The van der Waals surface area contributed by atoms with Crippen LogP contribution in [0.25, 0.3) is 0 Å². The lowest BCUT2D eigenvalue weighted by Crippen LogP contribution is -2.07. The van der Waals surface area contributed by atoms with Gasteiger partial charge in [-0.3, -0.25) is 4.79 Å². The summed E-state index contributed by atoms with van der Waals surface area (Å²) in [5.74, 6) is -0.296. The van der Waals surface area contributed by atoms with Gasteiger partial charge in [-0.25, -0.2) is 0 Å². The van der Waals surface area contributed by atoms with Crippen molar-refractivity contribution in [1.82, 2.24) is 0 Å². The molecular weight excluding hydrogens is 120 g/mol. The molecule has 0 spiro atoms. The summed E-state index contributed by atoms with van der Waals surface area (Å²) in [5.41, 5.74) is 0. The first-order valence-corrected chi connectivity index (χ1v) is 2.94. The molecule has 3 heteroatoms. The lowest BCUT2D eigenvalue weighted by Gasteiger charge is -2.02. The van der Waals surface area contributed by atoms with Gasteiger partial charge in [-0.05, 0) is 6.92 Å². The van der Waals surface area contributed by atoms with E-state index in [0.29, 0.717) is 13.0 Å². The number of rotatable bonds is 3. The maximum absolute atomic E-state index is 10.1. The zero-order valence-electron chi connectivity index (χ0n) is 5.76. The molecule has 0 amide bonds. The Hall–Kier alpha value is -0.570. The van der Waals surface area contributed by atoms with Gasteiger partial charge in [-0.2, -0.15) is 0 Å². The van der Waals surface area contributed by atoms with Crippen molar-refractivity contribution in [3.05, 3.63) is 0 Å². The van der Waals surface area contributed by atoms with Crippen molar-refractivity contribution in [3.8, 4) is 0 Å². The number of hydrogen-bond donors (Lipinski definition) is 1. The van der Waals surface area contributed by atoms with Crippen LogP contribution in [0.15, 0.2) is 0 Å². The molecule has 0 aliphatic carbocycles. The van der Waals surface area contributed by atoms with Gasteiger partial charge in [0.25, 0.3) is 0 Å². The van der Waals surface area contributed by atoms with Crippen LogP contribution in [-0.4, -0.2) is 23.8 Å². The number of esters is 1. The quantitative estimate of drug-likeness (QED) is 0.562. The number of aliphatic hydroxyl groups is 1. The van der Waals surface area contributed by atoms with Crippen LogP contribution in [0.1, 0.15) is 20.3 Å². The van der Waals surface area contributed by atoms with E-state index in [2.05, 4.69) is 4.74 Å². The van der Waals surface area contributed by atoms with Gasteiger partial charge in [0.15, 0.2) is 0 Å². The van der Waals surface area contributed by atoms with Gasteiger partial charge < -0.3 is 9.84 Å². The topological polar surface area (TPSA) is 46.5 Å². The highest BCUT2D eigenvalue weighted by Gasteiger charge is 1.96. The molecule has 1 atom stereocenters. The number of ether oxygens (including phenoxy) is 1. The second-order valence-electron chi connectivity index (χ2n) is 1.98. The molecule has 0 aromatic rings. The fraction of sp³-hybridized carbons (Fsp3) is 0.833. The van der Waals surface area contributed by atoms with E-state index in [4.69, 9.17) is 5.11 Å². The summed E-state index contributed by atoms with van der Waals surface area (Å²) in [6.45, 7) is 3.32. The Morgan fingerprint density at radius 2 is 2.33 bits per heavy atom. The Morgan fingerprint density at radius 1 is 1.78 bits per heavy atom. The Morgan fingerprint density at radius 3 is 2.67 bits per heavy atom. The van der Waals surface area contributed by atoms with Crippen molar-refractivity contribution in [1.29, 1.82) is 0 Å². The van der Waals surface area contributed by atoms with Gasteiger partial charge in [0.2, 0.25) is 0 Å². The van der Waals surface area contributed by atoms with Crippen LogP contribution in [0.4, 0.5) is 0 Å². The molecule has 0 fully saturated rings. The van der Waals surface area contributed by atoms with E-state index < -0.39 is 0 Å². The van der Waals surface area contributed by atoms with Gasteiger partial charge in [-0.15, -0.1) is 0 Å². The molecule has 0 aliphatic rings. The van der Waals surface area contributed by atoms with E-state index >= 15 is 0 Å². The second-order valence-corrected chi connectivity index (χ2v) is 1.98. The summed E-state index contributed by atoms with van der Waals surface area (Å²) in [4.78, 5) is 10.1. The monoisotopic (exact) mass is 132 g/mol. The molecule has 3 nitrogen and oxygen atoms in total. The summed E-state index contributed by atoms with van der Waals surface area (Å²) in [5, 5.41) is 8.67. The molecule has 0 aliphatic heterocycles. The molecule has 0 rings (SSSR count). The third-order valence-corrected chi connectivity index (χ3v) is 0.841. The Bertz CT molecular complexity index is 88.3. The first-order chi connectivity index (χ1) is 4.13. The van der Waals surface area contributed by atoms with Crippen LogP contribution in [0.3, 0.4) is 0 Å².